The van der Waals surface area contributed by atoms with Crippen molar-refractivity contribution in [1.29, 1.82) is 0 Å². The number of nitrogens with zero attached hydrogens (tertiary/aromatic N) is 1. The standard InChI is InChI=1S/C19H23N3O2S/c1-22(2)19(24)21-16-8-6-7-15(13-16)14-18(23)20-11-12-25-17-9-4-3-5-10-17/h3-10,13H,11-12,14H2,1-2H3,(H,20,23)(H,21,24). The van der Waals surface area contributed by atoms with Crippen molar-refractivity contribution in [2.75, 3.05) is 31.7 Å². The zero-order chi connectivity index (χ0) is 18.1. The molecule has 0 heterocycles. The van der Waals surface area contributed by atoms with Gasteiger partial charge in [0.05, 0.1) is 6.42 Å². The van der Waals surface area contributed by atoms with E-state index in [9.17, 15) is 9.59 Å². The Hall–Kier alpha value is -2.47. The molecule has 0 aromatic heterocycles. The van der Waals surface area contributed by atoms with E-state index >= 15 is 0 Å². The van der Waals surface area contributed by atoms with Gasteiger partial charge in [-0.1, -0.05) is 30.3 Å². The van der Waals surface area contributed by atoms with Gasteiger partial charge in [0.25, 0.3) is 0 Å². The van der Waals surface area contributed by atoms with E-state index in [0.29, 0.717) is 18.7 Å². The van der Waals surface area contributed by atoms with Crippen molar-refractivity contribution >= 4 is 29.4 Å². The lowest BCUT2D eigenvalue weighted by atomic mass is 10.1. The van der Waals surface area contributed by atoms with Crippen LogP contribution < -0.4 is 10.6 Å². The number of hydrogen-bond donors (Lipinski definition) is 2. The lowest BCUT2D eigenvalue weighted by molar-refractivity contribution is -0.120. The molecule has 0 saturated heterocycles. The minimum atomic E-state index is -0.195. The number of thioether (sulfide) groups is 1. The Morgan fingerprint density at radius 2 is 1.80 bits per heavy atom. The van der Waals surface area contributed by atoms with E-state index in [2.05, 4.69) is 22.8 Å². The number of anilines is 1. The van der Waals surface area contributed by atoms with Gasteiger partial charge in [-0.3, -0.25) is 4.79 Å². The van der Waals surface area contributed by atoms with Crippen LogP contribution in [-0.4, -0.2) is 43.2 Å². The molecule has 0 radical (unpaired) electrons. The van der Waals surface area contributed by atoms with Crippen molar-refractivity contribution in [3.05, 3.63) is 60.2 Å². The first-order valence-electron chi connectivity index (χ1n) is 8.06. The van der Waals surface area contributed by atoms with Crippen LogP contribution in [0.15, 0.2) is 59.5 Å². The molecule has 0 fully saturated rings. The monoisotopic (exact) mass is 357 g/mol. The summed E-state index contributed by atoms with van der Waals surface area (Å²) in [5.41, 5.74) is 1.55. The maximum absolute atomic E-state index is 12.0. The smallest absolute Gasteiger partial charge is 0.321 e. The van der Waals surface area contributed by atoms with Gasteiger partial charge in [0, 0.05) is 37.0 Å². The molecule has 0 aliphatic rings. The van der Waals surface area contributed by atoms with Gasteiger partial charge < -0.3 is 15.5 Å². The largest absolute Gasteiger partial charge is 0.355 e. The highest BCUT2D eigenvalue weighted by molar-refractivity contribution is 7.99. The molecule has 0 aliphatic heterocycles. The first-order valence-corrected chi connectivity index (χ1v) is 9.05. The molecule has 0 aliphatic carbocycles. The van der Waals surface area contributed by atoms with Gasteiger partial charge in [0.15, 0.2) is 0 Å². The van der Waals surface area contributed by atoms with Crippen LogP contribution in [0.4, 0.5) is 10.5 Å². The topological polar surface area (TPSA) is 61.4 Å². The molecule has 3 amide bonds. The molecule has 2 N–H and O–H groups in total. The highest BCUT2D eigenvalue weighted by Gasteiger charge is 2.07. The number of rotatable bonds is 7. The molecule has 0 bridgehead atoms. The second kappa shape index (κ2) is 9.74. The molecule has 5 nitrogen and oxygen atoms in total. The van der Waals surface area contributed by atoms with Gasteiger partial charge in [-0.2, -0.15) is 0 Å². The molecule has 0 spiro atoms. The number of urea groups is 1. The van der Waals surface area contributed by atoms with Crippen molar-refractivity contribution in [2.24, 2.45) is 0 Å². The van der Waals surface area contributed by atoms with Gasteiger partial charge in [0.1, 0.15) is 0 Å². The first-order chi connectivity index (χ1) is 12.0. The minimum Gasteiger partial charge on any atom is -0.355 e. The molecule has 2 aromatic carbocycles. The molecular weight excluding hydrogens is 334 g/mol. The van der Waals surface area contributed by atoms with Crippen molar-refractivity contribution in [3.63, 3.8) is 0 Å². The minimum absolute atomic E-state index is 0.0234. The zero-order valence-corrected chi connectivity index (χ0v) is 15.3. The van der Waals surface area contributed by atoms with Crippen LogP contribution in [0.2, 0.25) is 0 Å². The Labute approximate surface area is 152 Å². The fourth-order valence-corrected chi connectivity index (χ4v) is 2.91. The maximum atomic E-state index is 12.0. The van der Waals surface area contributed by atoms with E-state index in [0.717, 1.165) is 11.3 Å². The summed E-state index contributed by atoms with van der Waals surface area (Å²) in [7, 11) is 3.36. The highest BCUT2D eigenvalue weighted by Crippen LogP contribution is 2.16. The van der Waals surface area contributed by atoms with Gasteiger partial charge >= 0.3 is 6.03 Å². The Balaban J connectivity index is 1.75. The van der Waals surface area contributed by atoms with Gasteiger partial charge in [-0.25, -0.2) is 4.79 Å². The molecule has 132 valence electrons. The van der Waals surface area contributed by atoms with Crippen LogP contribution in [0.25, 0.3) is 0 Å². The summed E-state index contributed by atoms with van der Waals surface area (Å²) < 4.78 is 0. The number of hydrogen-bond acceptors (Lipinski definition) is 3. The van der Waals surface area contributed by atoms with Crippen molar-refractivity contribution in [3.8, 4) is 0 Å². The van der Waals surface area contributed by atoms with E-state index < -0.39 is 0 Å². The number of amides is 3. The molecule has 2 aromatic rings. The number of carbonyl (C=O) groups is 2. The van der Waals surface area contributed by atoms with E-state index in [4.69, 9.17) is 0 Å². The van der Waals surface area contributed by atoms with Crippen LogP contribution in [0.1, 0.15) is 5.56 Å². The average Bonchev–Trinajstić information content (AvgIpc) is 2.60. The second-order valence-electron chi connectivity index (χ2n) is 5.71. The van der Waals surface area contributed by atoms with Crippen molar-refractivity contribution in [1.82, 2.24) is 10.2 Å². The summed E-state index contributed by atoms with van der Waals surface area (Å²) in [5.74, 6) is 0.805. The summed E-state index contributed by atoms with van der Waals surface area (Å²) in [6, 6.07) is 17.2. The number of benzene rings is 2. The molecular formula is C19H23N3O2S. The molecule has 25 heavy (non-hydrogen) atoms. The summed E-state index contributed by atoms with van der Waals surface area (Å²) in [4.78, 5) is 26.4. The Morgan fingerprint density at radius 1 is 1.04 bits per heavy atom. The van der Waals surface area contributed by atoms with Crippen molar-refractivity contribution < 1.29 is 9.59 Å². The van der Waals surface area contributed by atoms with Crippen molar-refractivity contribution in [2.45, 2.75) is 11.3 Å². The Bertz CT molecular complexity index is 705. The summed E-state index contributed by atoms with van der Waals surface area (Å²) >= 11 is 1.71. The summed E-state index contributed by atoms with van der Waals surface area (Å²) in [5, 5.41) is 5.70. The lowest BCUT2D eigenvalue weighted by Gasteiger charge is -2.12. The maximum Gasteiger partial charge on any atom is 0.321 e. The first kappa shape index (κ1) is 18.9. The molecule has 6 heteroatoms. The molecule has 2 rings (SSSR count). The Morgan fingerprint density at radius 3 is 2.52 bits per heavy atom. The van der Waals surface area contributed by atoms with E-state index in [-0.39, 0.29) is 11.9 Å². The van der Waals surface area contributed by atoms with Crippen LogP contribution in [0.5, 0.6) is 0 Å². The van der Waals surface area contributed by atoms with Gasteiger partial charge in [-0.15, -0.1) is 11.8 Å². The predicted molar refractivity (Wildman–Crippen MR) is 103 cm³/mol. The summed E-state index contributed by atoms with van der Waals surface area (Å²) in [6.07, 6.45) is 0.293. The molecule has 0 atom stereocenters. The summed E-state index contributed by atoms with van der Waals surface area (Å²) in [6.45, 7) is 0.620. The lowest BCUT2D eigenvalue weighted by Crippen LogP contribution is -2.28. The fourth-order valence-electron chi connectivity index (χ4n) is 2.12. The van der Waals surface area contributed by atoms with Crippen LogP contribution in [0.3, 0.4) is 0 Å². The van der Waals surface area contributed by atoms with E-state index in [1.54, 1.807) is 31.9 Å². The zero-order valence-electron chi connectivity index (χ0n) is 14.5. The fraction of sp³-hybridized carbons (Fsp3) is 0.263. The molecule has 0 unspecified atom stereocenters. The molecule has 0 saturated carbocycles. The van der Waals surface area contributed by atoms with E-state index in [1.165, 1.54) is 9.80 Å². The average molecular weight is 357 g/mol. The van der Waals surface area contributed by atoms with Crippen LogP contribution in [0, 0.1) is 0 Å². The van der Waals surface area contributed by atoms with Crippen LogP contribution >= 0.6 is 11.8 Å². The quantitative estimate of drug-likeness (QED) is 0.591. The highest BCUT2D eigenvalue weighted by atomic mass is 32.2. The van der Waals surface area contributed by atoms with Crippen LogP contribution in [-0.2, 0) is 11.2 Å². The second-order valence-corrected chi connectivity index (χ2v) is 6.88. The third-order valence-electron chi connectivity index (χ3n) is 3.39. The predicted octanol–water partition coefficient (Wildman–Crippen LogP) is 3.23. The number of carbonyl (C=O) groups excluding carboxylic acids is 2. The Kier molecular flexibility index (Phi) is 7.35. The third-order valence-corrected chi connectivity index (χ3v) is 4.40. The SMILES string of the molecule is CN(C)C(=O)Nc1cccc(CC(=O)NCCSc2ccccc2)c1. The third kappa shape index (κ3) is 6.89. The van der Waals surface area contributed by atoms with Gasteiger partial charge in [0.2, 0.25) is 5.91 Å². The van der Waals surface area contributed by atoms with E-state index in [1.807, 2.05) is 36.4 Å². The number of nitrogens with one attached hydrogen (secondary N) is 2. The normalized spacial score (nSPS) is 10.2. The van der Waals surface area contributed by atoms with Gasteiger partial charge in [-0.05, 0) is 29.8 Å².